The summed E-state index contributed by atoms with van der Waals surface area (Å²) in [5.74, 6) is -1.24. The van der Waals surface area contributed by atoms with Gasteiger partial charge in [-0.15, -0.1) is 0 Å². The van der Waals surface area contributed by atoms with Gasteiger partial charge < -0.3 is 19.9 Å². The molecule has 0 atom stereocenters. The third kappa shape index (κ3) is 4.95. The van der Waals surface area contributed by atoms with Gasteiger partial charge in [0.15, 0.2) is 6.61 Å². The highest BCUT2D eigenvalue weighted by atomic mass is 16.5. The maximum absolute atomic E-state index is 12.8. The minimum Gasteiger partial charge on any atom is -0.497 e. The van der Waals surface area contributed by atoms with Crippen LogP contribution in [0, 0.1) is 0 Å². The fourth-order valence-electron chi connectivity index (χ4n) is 3.18. The van der Waals surface area contributed by atoms with Gasteiger partial charge in [-0.25, -0.2) is 9.59 Å². The number of hydrogen-bond acceptors (Lipinski definition) is 8. The van der Waals surface area contributed by atoms with Gasteiger partial charge in [-0.2, -0.15) is 0 Å². The molecule has 2 aromatic carbocycles. The molecule has 1 aromatic heterocycles. The predicted molar refractivity (Wildman–Crippen MR) is 120 cm³/mol. The predicted octanol–water partition coefficient (Wildman–Crippen LogP) is 1.23. The van der Waals surface area contributed by atoms with E-state index < -0.39 is 35.2 Å². The number of nitrogens with two attached hydrogens (primary N) is 1. The molecule has 172 valence electrons. The molecule has 0 fully saturated rings. The summed E-state index contributed by atoms with van der Waals surface area (Å²) < 4.78 is 17.2. The molecular weight excluding hydrogens is 430 g/mol. The highest BCUT2D eigenvalue weighted by molar-refractivity contribution is 6.02. The van der Waals surface area contributed by atoms with E-state index in [-0.39, 0.29) is 17.9 Å². The average Bonchev–Trinajstić information content (AvgIpc) is 2.84. The monoisotopic (exact) mass is 453 g/mol. The number of nitrogen functional groups attached to an aromatic ring is 1. The number of Topliss-reactive ketones (excluding diaryl/α,β-unsaturated/α-hetero) is 1. The fourth-order valence-corrected chi connectivity index (χ4v) is 3.18. The Hall–Kier alpha value is -4.34. The Balaban J connectivity index is 1.87. The zero-order valence-corrected chi connectivity index (χ0v) is 18.4. The molecule has 10 nitrogen and oxygen atoms in total. The Morgan fingerprint density at radius 2 is 1.58 bits per heavy atom. The van der Waals surface area contributed by atoms with E-state index in [4.69, 9.17) is 19.9 Å². The van der Waals surface area contributed by atoms with E-state index in [0.29, 0.717) is 11.5 Å². The summed E-state index contributed by atoms with van der Waals surface area (Å²) in [6, 6.07) is 13.4. The van der Waals surface area contributed by atoms with E-state index in [1.54, 1.807) is 30.3 Å². The van der Waals surface area contributed by atoms with Gasteiger partial charge in [0.1, 0.15) is 22.9 Å². The van der Waals surface area contributed by atoms with Crippen molar-refractivity contribution in [3.63, 3.8) is 0 Å². The van der Waals surface area contributed by atoms with Gasteiger partial charge in [0.25, 0.3) is 5.56 Å². The van der Waals surface area contributed by atoms with Crippen LogP contribution in [0.1, 0.15) is 26.3 Å². The average molecular weight is 453 g/mol. The smallest absolute Gasteiger partial charge is 0.338 e. The van der Waals surface area contributed by atoms with Gasteiger partial charge >= 0.3 is 11.7 Å². The number of aromatic nitrogens is 2. The third-order valence-electron chi connectivity index (χ3n) is 4.97. The van der Waals surface area contributed by atoms with Gasteiger partial charge in [-0.1, -0.05) is 30.3 Å². The lowest BCUT2D eigenvalue weighted by Gasteiger charge is -2.15. The van der Waals surface area contributed by atoms with E-state index >= 15 is 0 Å². The maximum atomic E-state index is 12.8. The number of esters is 1. The van der Waals surface area contributed by atoms with Crippen LogP contribution in [-0.2, 0) is 18.3 Å². The van der Waals surface area contributed by atoms with Crippen molar-refractivity contribution in [2.75, 3.05) is 26.6 Å². The van der Waals surface area contributed by atoms with E-state index in [1.807, 2.05) is 6.07 Å². The van der Waals surface area contributed by atoms with Crippen molar-refractivity contribution in [2.24, 2.45) is 7.05 Å². The van der Waals surface area contributed by atoms with Crippen LogP contribution in [0.5, 0.6) is 11.5 Å². The Labute approximate surface area is 188 Å². The molecule has 0 saturated heterocycles. The zero-order chi connectivity index (χ0) is 24.1. The first-order valence-corrected chi connectivity index (χ1v) is 9.83. The van der Waals surface area contributed by atoms with Crippen molar-refractivity contribution in [3.05, 3.63) is 86.1 Å². The second kappa shape index (κ2) is 9.86. The van der Waals surface area contributed by atoms with Crippen molar-refractivity contribution in [3.8, 4) is 11.5 Å². The molecule has 0 unspecified atom stereocenters. The number of anilines is 1. The standard InChI is InChI=1S/C23H23N3O7/c1-25-21(28)19(20(24)26(23(25)30)12-14-7-5-4-6-8-14)18(27)13-33-22(29)15-9-16(31-2)11-17(10-15)32-3/h4-11H,12-13,24H2,1-3H3. The van der Waals surface area contributed by atoms with Crippen molar-refractivity contribution in [1.29, 1.82) is 0 Å². The Kier molecular flexibility index (Phi) is 6.97. The Morgan fingerprint density at radius 3 is 2.15 bits per heavy atom. The van der Waals surface area contributed by atoms with Crippen LogP contribution in [0.2, 0.25) is 0 Å². The first kappa shape index (κ1) is 23.3. The minimum atomic E-state index is -0.870. The Bertz CT molecular complexity index is 1290. The SMILES string of the molecule is COc1cc(OC)cc(C(=O)OCC(=O)c2c(N)n(Cc3ccccc3)c(=O)n(C)c2=O)c1. The number of methoxy groups -OCH3 is 2. The van der Waals surface area contributed by atoms with E-state index in [9.17, 15) is 19.2 Å². The molecule has 0 saturated carbocycles. The van der Waals surface area contributed by atoms with Crippen molar-refractivity contribution >= 4 is 17.6 Å². The number of benzene rings is 2. The molecular formula is C23H23N3O7. The molecule has 10 heteroatoms. The lowest BCUT2D eigenvalue weighted by molar-refractivity contribution is 0.0473. The van der Waals surface area contributed by atoms with Crippen LogP contribution < -0.4 is 26.5 Å². The molecule has 0 aliphatic carbocycles. The van der Waals surface area contributed by atoms with Crippen LogP contribution >= 0.6 is 0 Å². The number of rotatable bonds is 8. The summed E-state index contributed by atoms with van der Waals surface area (Å²) in [6.07, 6.45) is 0. The van der Waals surface area contributed by atoms with Crippen LogP contribution in [-0.4, -0.2) is 41.7 Å². The molecule has 0 bridgehead atoms. The van der Waals surface area contributed by atoms with Crippen molar-refractivity contribution < 1.29 is 23.8 Å². The number of hydrogen-bond donors (Lipinski definition) is 1. The number of ether oxygens (including phenoxy) is 3. The van der Waals surface area contributed by atoms with E-state index in [1.165, 1.54) is 33.4 Å². The highest BCUT2D eigenvalue weighted by Crippen LogP contribution is 2.23. The zero-order valence-electron chi connectivity index (χ0n) is 18.4. The minimum absolute atomic E-state index is 0.0588. The maximum Gasteiger partial charge on any atom is 0.338 e. The molecule has 33 heavy (non-hydrogen) atoms. The van der Waals surface area contributed by atoms with Gasteiger partial charge in [-0.05, 0) is 17.7 Å². The number of carbonyl (C=O) groups is 2. The first-order chi connectivity index (χ1) is 15.8. The van der Waals surface area contributed by atoms with Gasteiger partial charge in [0.2, 0.25) is 5.78 Å². The second-order valence-electron chi connectivity index (χ2n) is 7.08. The lowest BCUT2D eigenvalue weighted by Crippen LogP contribution is -2.43. The summed E-state index contributed by atoms with van der Waals surface area (Å²) in [4.78, 5) is 50.5. The molecule has 0 spiro atoms. The summed E-state index contributed by atoms with van der Waals surface area (Å²) in [5, 5.41) is 0. The van der Waals surface area contributed by atoms with Gasteiger partial charge in [-0.3, -0.25) is 18.7 Å². The Morgan fingerprint density at radius 1 is 0.970 bits per heavy atom. The molecule has 0 aliphatic heterocycles. The fraction of sp³-hybridized carbons (Fsp3) is 0.217. The van der Waals surface area contributed by atoms with E-state index in [2.05, 4.69) is 0 Å². The summed E-state index contributed by atoms with van der Waals surface area (Å²) in [5.41, 5.74) is 4.93. The summed E-state index contributed by atoms with van der Waals surface area (Å²) in [6.45, 7) is -0.690. The van der Waals surface area contributed by atoms with Crippen LogP contribution in [0.4, 0.5) is 5.82 Å². The molecule has 1 heterocycles. The third-order valence-corrected chi connectivity index (χ3v) is 4.97. The highest BCUT2D eigenvalue weighted by Gasteiger charge is 2.23. The molecule has 3 rings (SSSR count). The quantitative estimate of drug-likeness (QED) is 0.398. The first-order valence-electron chi connectivity index (χ1n) is 9.83. The molecule has 0 amide bonds. The van der Waals surface area contributed by atoms with Gasteiger partial charge in [0, 0.05) is 13.1 Å². The molecule has 0 aliphatic rings. The molecule has 2 N–H and O–H groups in total. The van der Waals surface area contributed by atoms with Crippen LogP contribution in [0.15, 0.2) is 58.1 Å². The number of ketones is 1. The normalized spacial score (nSPS) is 10.5. The number of nitrogens with zero attached hydrogens (tertiary/aromatic N) is 2. The van der Waals surface area contributed by atoms with Crippen molar-refractivity contribution in [1.82, 2.24) is 9.13 Å². The van der Waals surface area contributed by atoms with Gasteiger partial charge in [0.05, 0.1) is 26.3 Å². The molecule has 0 radical (unpaired) electrons. The number of carbonyl (C=O) groups excluding carboxylic acids is 2. The second-order valence-corrected chi connectivity index (χ2v) is 7.08. The lowest BCUT2D eigenvalue weighted by atomic mass is 10.1. The van der Waals surface area contributed by atoms with Crippen LogP contribution in [0.25, 0.3) is 0 Å². The molecule has 3 aromatic rings. The van der Waals surface area contributed by atoms with E-state index in [0.717, 1.165) is 14.7 Å². The topological polar surface area (TPSA) is 132 Å². The van der Waals surface area contributed by atoms with Crippen LogP contribution in [0.3, 0.4) is 0 Å². The largest absolute Gasteiger partial charge is 0.497 e. The summed E-state index contributed by atoms with van der Waals surface area (Å²) in [7, 11) is 4.10. The van der Waals surface area contributed by atoms with Crippen molar-refractivity contribution in [2.45, 2.75) is 6.54 Å². The summed E-state index contributed by atoms with van der Waals surface area (Å²) >= 11 is 0.